The van der Waals surface area contributed by atoms with Gasteiger partial charge in [0.2, 0.25) is 0 Å². The van der Waals surface area contributed by atoms with Gasteiger partial charge in [-0.15, -0.1) is 10.2 Å². The molecule has 0 radical (unpaired) electrons. The minimum Gasteiger partial charge on any atom is -0.491 e. The van der Waals surface area contributed by atoms with E-state index in [1.54, 1.807) is 19.2 Å². The van der Waals surface area contributed by atoms with E-state index in [9.17, 15) is 4.79 Å². The van der Waals surface area contributed by atoms with E-state index in [1.165, 1.54) is 5.56 Å². The van der Waals surface area contributed by atoms with Crippen LogP contribution in [0.2, 0.25) is 0 Å². The van der Waals surface area contributed by atoms with Crippen LogP contribution in [0.15, 0.2) is 40.8 Å². The standard InChI is InChI=1S/C24H31N5O4/c1-17(2)32-19-6-4-18(5-7-19)15-28-11-10-22-26-27-23(29(22)13-12-28)14-25-24(30)21-9-8-20(33-21)16-31-3/h4-9,17H,10-16H2,1-3H3,(H,25,30). The lowest BCUT2D eigenvalue weighted by atomic mass is 10.2. The van der Waals surface area contributed by atoms with Crippen molar-refractivity contribution < 1.29 is 18.7 Å². The van der Waals surface area contributed by atoms with Crippen molar-refractivity contribution in [2.75, 3.05) is 20.2 Å². The molecule has 1 N–H and O–H groups in total. The molecule has 176 valence electrons. The van der Waals surface area contributed by atoms with Crippen molar-refractivity contribution >= 4 is 5.91 Å². The third kappa shape index (κ3) is 6.00. The third-order valence-electron chi connectivity index (χ3n) is 5.48. The first-order chi connectivity index (χ1) is 16.0. The quantitative estimate of drug-likeness (QED) is 0.532. The normalized spacial score (nSPS) is 14.2. The third-order valence-corrected chi connectivity index (χ3v) is 5.48. The van der Waals surface area contributed by atoms with Crippen LogP contribution in [-0.2, 0) is 37.4 Å². The Labute approximate surface area is 193 Å². The average Bonchev–Trinajstić information content (AvgIpc) is 3.37. The first kappa shape index (κ1) is 23.0. The van der Waals surface area contributed by atoms with Crippen molar-refractivity contribution in [1.29, 1.82) is 0 Å². The van der Waals surface area contributed by atoms with Gasteiger partial charge < -0.3 is 23.8 Å². The highest BCUT2D eigenvalue weighted by molar-refractivity contribution is 5.91. The Morgan fingerprint density at radius 1 is 1.12 bits per heavy atom. The highest BCUT2D eigenvalue weighted by atomic mass is 16.5. The van der Waals surface area contributed by atoms with Gasteiger partial charge in [-0.3, -0.25) is 9.69 Å². The monoisotopic (exact) mass is 453 g/mol. The molecule has 1 aliphatic heterocycles. The molecule has 0 bridgehead atoms. The molecule has 9 heteroatoms. The Bertz CT molecular complexity index is 1060. The largest absolute Gasteiger partial charge is 0.491 e. The Balaban J connectivity index is 1.31. The maximum absolute atomic E-state index is 12.4. The van der Waals surface area contributed by atoms with Gasteiger partial charge in [0.25, 0.3) is 5.91 Å². The summed E-state index contributed by atoms with van der Waals surface area (Å²) in [5.41, 5.74) is 1.25. The molecule has 3 aromatic rings. The van der Waals surface area contributed by atoms with Crippen LogP contribution >= 0.6 is 0 Å². The van der Waals surface area contributed by atoms with E-state index in [0.717, 1.165) is 50.0 Å². The first-order valence-corrected chi connectivity index (χ1v) is 11.3. The van der Waals surface area contributed by atoms with E-state index in [1.807, 2.05) is 26.0 Å². The second-order valence-electron chi connectivity index (χ2n) is 8.40. The Morgan fingerprint density at radius 3 is 2.70 bits per heavy atom. The van der Waals surface area contributed by atoms with E-state index in [2.05, 4.69) is 37.1 Å². The molecule has 0 fully saturated rings. The summed E-state index contributed by atoms with van der Waals surface area (Å²) < 4.78 is 18.4. The summed E-state index contributed by atoms with van der Waals surface area (Å²) in [7, 11) is 1.58. The van der Waals surface area contributed by atoms with Gasteiger partial charge in [0, 0.05) is 39.7 Å². The molecule has 9 nitrogen and oxygen atoms in total. The maximum atomic E-state index is 12.4. The fourth-order valence-corrected chi connectivity index (χ4v) is 3.89. The van der Waals surface area contributed by atoms with Crippen LogP contribution in [0.5, 0.6) is 5.75 Å². The Hall–Kier alpha value is -3.17. The van der Waals surface area contributed by atoms with E-state index >= 15 is 0 Å². The highest BCUT2D eigenvalue weighted by Gasteiger charge is 2.20. The van der Waals surface area contributed by atoms with Crippen LogP contribution in [0, 0.1) is 0 Å². The Morgan fingerprint density at radius 2 is 1.94 bits per heavy atom. The number of hydrogen-bond acceptors (Lipinski definition) is 7. The summed E-state index contributed by atoms with van der Waals surface area (Å²) in [5.74, 6) is 3.18. The van der Waals surface area contributed by atoms with Gasteiger partial charge in [0.05, 0.1) is 12.6 Å². The molecular weight excluding hydrogens is 422 g/mol. The zero-order valence-corrected chi connectivity index (χ0v) is 19.4. The fraction of sp³-hybridized carbons (Fsp3) is 0.458. The number of hydrogen-bond donors (Lipinski definition) is 1. The predicted octanol–water partition coefficient (Wildman–Crippen LogP) is 2.79. The number of carbonyl (C=O) groups excluding carboxylic acids is 1. The first-order valence-electron chi connectivity index (χ1n) is 11.3. The van der Waals surface area contributed by atoms with Gasteiger partial charge in [-0.25, -0.2) is 0 Å². The van der Waals surface area contributed by atoms with Crippen molar-refractivity contribution in [3.63, 3.8) is 0 Å². The van der Waals surface area contributed by atoms with Gasteiger partial charge >= 0.3 is 0 Å². The second kappa shape index (κ2) is 10.6. The number of ether oxygens (including phenoxy) is 2. The lowest BCUT2D eigenvalue weighted by Gasteiger charge is -2.20. The number of carbonyl (C=O) groups is 1. The van der Waals surface area contributed by atoms with E-state index < -0.39 is 0 Å². The van der Waals surface area contributed by atoms with Crippen molar-refractivity contribution in [3.8, 4) is 5.75 Å². The van der Waals surface area contributed by atoms with Crippen molar-refractivity contribution in [2.24, 2.45) is 0 Å². The molecule has 0 saturated heterocycles. The molecule has 0 atom stereocenters. The number of furan rings is 1. The number of amides is 1. The molecular formula is C24H31N5O4. The number of rotatable bonds is 9. The summed E-state index contributed by atoms with van der Waals surface area (Å²) in [6, 6.07) is 11.7. The number of nitrogens with zero attached hydrogens (tertiary/aromatic N) is 4. The number of nitrogens with one attached hydrogen (secondary N) is 1. The second-order valence-corrected chi connectivity index (χ2v) is 8.40. The molecule has 1 aliphatic rings. The van der Waals surface area contributed by atoms with E-state index in [4.69, 9.17) is 13.9 Å². The van der Waals surface area contributed by atoms with E-state index in [-0.39, 0.29) is 17.8 Å². The molecule has 2 aromatic heterocycles. The smallest absolute Gasteiger partial charge is 0.287 e. The molecule has 4 rings (SSSR count). The van der Waals surface area contributed by atoms with Gasteiger partial charge in [-0.05, 0) is 43.7 Å². The minimum atomic E-state index is -0.283. The maximum Gasteiger partial charge on any atom is 0.287 e. The summed E-state index contributed by atoms with van der Waals surface area (Å²) in [6.07, 6.45) is 0.983. The van der Waals surface area contributed by atoms with Crippen LogP contribution in [0.1, 0.15) is 47.4 Å². The predicted molar refractivity (Wildman–Crippen MR) is 122 cm³/mol. The summed E-state index contributed by atoms with van der Waals surface area (Å²) in [5, 5.41) is 11.5. The molecule has 0 aliphatic carbocycles. The Kier molecular flexibility index (Phi) is 7.41. The summed E-state index contributed by atoms with van der Waals surface area (Å²) >= 11 is 0. The average molecular weight is 454 g/mol. The summed E-state index contributed by atoms with van der Waals surface area (Å²) in [4.78, 5) is 14.8. The molecule has 1 aromatic carbocycles. The van der Waals surface area contributed by atoms with Gasteiger partial charge in [0.15, 0.2) is 11.6 Å². The van der Waals surface area contributed by atoms with Crippen LogP contribution in [0.25, 0.3) is 0 Å². The number of fused-ring (bicyclic) bond motifs is 1. The van der Waals surface area contributed by atoms with E-state index in [0.29, 0.717) is 18.9 Å². The number of benzene rings is 1. The fourth-order valence-electron chi connectivity index (χ4n) is 3.89. The lowest BCUT2D eigenvalue weighted by molar-refractivity contribution is 0.0913. The zero-order chi connectivity index (χ0) is 23.2. The van der Waals surface area contributed by atoms with Crippen LogP contribution in [0.4, 0.5) is 0 Å². The lowest BCUT2D eigenvalue weighted by Crippen LogP contribution is -2.28. The van der Waals surface area contributed by atoms with Gasteiger partial charge in [-0.1, -0.05) is 12.1 Å². The molecule has 33 heavy (non-hydrogen) atoms. The van der Waals surface area contributed by atoms with Crippen LogP contribution in [0.3, 0.4) is 0 Å². The van der Waals surface area contributed by atoms with Crippen molar-refractivity contribution in [2.45, 2.75) is 52.6 Å². The molecule has 3 heterocycles. The summed E-state index contributed by atoms with van der Waals surface area (Å²) in [6.45, 7) is 8.12. The van der Waals surface area contributed by atoms with Crippen LogP contribution in [-0.4, -0.2) is 51.9 Å². The SMILES string of the molecule is COCc1ccc(C(=O)NCc2nnc3n2CCN(Cc2ccc(OC(C)C)cc2)CC3)o1. The van der Waals surface area contributed by atoms with Gasteiger partial charge in [-0.2, -0.15) is 0 Å². The number of methoxy groups -OCH3 is 1. The molecule has 0 spiro atoms. The van der Waals surface area contributed by atoms with Gasteiger partial charge in [0.1, 0.15) is 23.9 Å². The highest BCUT2D eigenvalue weighted by Crippen LogP contribution is 2.17. The molecule has 0 saturated carbocycles. The number of aromatic nitrogens is 3. The van der Waals surface area contributed by atoms with Crippen LogP contribution < -0.4 is 10.1 Å². The van der Waals surface area contributed by atoms with Crippen molar-refractivity contribution in [3.05, 3.63) is 65.1 Å². The minimum absolute atomic E-state index is 0.170. The topological polar surface area (TPSA) is 94.6 Å². The zero-order valence-electron chi connectivity index (χ0n) is 19.4. The molecule has 1 amide bonds. The molecule has 0 unspecified atom stereocenters. The van der Waals surface area contributed by atoms with Crippen molar-refractivity contribution in [1.82, 2.24) is 25.0 Å².